The highest BCUT2D eigenvalue weighted by molar-refractivity contribution is 5.80. The first kappa shape index (κ1) is 18.4. The Labute approximate surface area is 130 Å². The normalized spacial score (nSPS) is 18.6. The van der Waals surface area contributed by atoms with E-state index in [9.17, 15) is 4.79 Å². The van der Waals surface area contributed by atoms with Crippen LogP contribution in [0, 0.1) is 0 Å². The van der Waals surface area contributed by atoms with Crippen LogP contribution in [-0.2, 0) is 9.53 Å². The van der Waals surface area contributed by atoms with Crippen molar-refractivity contribution in [3.8, 4) is 0 Å². The van der Waals surface area contributed by atoms with Crippen LogP contribution in [0.1, 0.15) is 66.2 Å². The molecule has 0 aromatic heterocycles. The maximum Gasteiger partial charge on any atom is 0.325 e. The first-order valence-corrected chi connectivity index (χ1v) is 8.32. The molecule has 1 rings (SSSR count). The zero-order valence-corrected chi connectivity index (χ0v) is 14.8. The molecule has 0 bridgehead atoms. The van der Waals surface area contributed by atoms with Crippen molar-refractivity contribution in [2.75, 3.05) is 20.7 Å². The number of methoxy groups -OCH3 is 1. The molecule has 1 saturated carbocycles. The minimum atomic E-state index is -0.519. The number of carbonyl (C=O) groups excluding carboxylic acids is 1. The largest absolute Gasteiger partial charge is 0.468 e. The summed E-state index contributed by atoms with van der Waals surface area (Å²) in [5.41, 5.74) is -0.271. The maximum absolute atomic E-state index is 12.0. The van der Waals surface area contributed by atoms with Gasteiger partial charge in [-0.2, -0.15) is 0 Å². The van der Waals surface area contributed by atoms with Gasteiger partial charge in [0.1, 0.15) is 5.54 Å². The van der Waals surface area contributed by atoms with Gasteiger partial charge in [0.15, 0.2) is 0 Å². The molecule has 0 aromatic carbocycles. The van der Waals surface area contributed by atoms with E-state index in [2.05, 4.69) is 38.0 Å². The van der Waals surface area contributed by atoms with Crippen molar-refractivity contribution in [1.82, 2.24) is 10.2 Å². The molecule has 21 heavy (non-hydrogen) atoms. The molecule has 0 spiro atoms. The summed E-state index contributed by atoms with van der Waals surface area (Å²) >= 11 is 0. The van der Waals surface area contributed by atoms with E-state index >= 15 is 0 Å². The lowest BCUT2D eigenvalue weighted by Crippen LogP contribution is -2.51. The predicted molar refractivity (Wildman–Crippen MR) is 87.4 cm³/mol. The van der Waals surface area contributed by atoms with Gasteiger partial charge >= 0.3 is 5.97 Å². The third kappa shape index (κ3) is 5.59. The van der Waals surface area contributed by atoms with Crippen LogP contribution >= 0.6 is 0 Å². The SMILES string of the molecule is CCC(C)(C)N(C)CCCCC(C)(NC1CC1)C(=O)OC. The van der Waals surface area contributed by atoms with E-state index in [0.717, 1.165) is 32.2 Å². The Morgan fingerprint density at radius 1 is 1.29 bits per heavy atom. The lowest BCUT2D eigenvalue weighted by Gasteiger charge is -2.35. The second-order valence-electron chi connectivity index (χ2n) is 7.29. The van der Waals surface area contributed by atoms with Gasteiger partial charge in [0.05, 0.1) is 7.11 Å². The summed E-state index contributed by atoms with van der Waals surface area (Å²) in [5.74, 6) is -0.128. The highest BCUT2D eigenvalue weighted by Crippen LogP contribution is 2.26. The van der Waals surface area contributed by atoms with Crippen molar-refractivity contribution in [3.63, 3.8) is 0 Å². The molecule has 0 saturated heterocycles. The summed E-state index contributed by atoms with van der Waals surface area (Å²) in [6.07, 6.45) is 6.50. The van der Waals surface area contributed by atoms with Crippen LogP contribution in [0.25, 0.3) is 0 Å². The molecule has 0 radical (unpaired) electrons. The van der Waals surface area contributed by atoms with E-state index in [4.69, 9.17) is 4.74 Å². The molecule has 0 aliphatic heterocycles. The fourth-order valence-corrected chi connectivity index (χ4v) is 2.54. The second kappa shape index (κ2) is 7.59. The van der Waals surface area contributed by atoms with Gasteiger partial charge in [-0.05, 0) is 72.9 Å². The minimum absolute atomic E-state index is 0.128. The van der Waals surface area contributed by atoms with Crippen LogP contribution in [0.15, 0.2) is 0 Å². The summed E-state index contributed by atoms with van der Waals surface area (Å²) < 4.78 is 4.98. The molecule has 0 aromatic rings. The highest BCUT2D eigenvalue weighted by Gasteiger charge is 2.38. The van der Waals surface area contributed by atoms with Gasteiger partial charge in [-0.1, -0.05) is 6.92 Å². The Kier molecular flexibility index (Phi) is 6.67. The Bertz CT molecular complexity index is 340. The molecule has 1 atom stereocenters. The van der Waals surface area contributed by atoms with Crippen LogP contribution in [0.2, 0.25) is 0 Å². The van der Waals surface area contributed by atoms with Gasteiger partial charge in [0, 0.05) is 11.6 Å². The molecule has 4 heteroatoms. The van der Waals surface area contributed by atoms with E-state index in [1.54, 1.807) is 0 Å². The quantitative estimate of drug-likeness (QED) is 0.497. The number of hydrogen-bond acceptors (Lipinski definition) is 4. The highest BCUT2D eigenvalue weighted by atomic mass is 16.5. The number of nitrogens with one attached hydrogen (secondary N) is 1. The lowest BCUT2D eigenvalue weighted by atomic mass is 9.94. The van der Waals surface area contributed by atoms with Crippen molar-refractivity contribution in [2.24, 2.45) is 0 Å². The zero-order chi connectivity index (χ0) is 16.1. The van der Waals surface area contributed by atoms with Crippen molar-refractivity contribution in [2.45, 2.75) is 83.3 Å². The molecule has 4 nitrogen and oxygen atoms in total. The van der Waals surface area contributed by atoms with E-state index in [1.807, 2.05) is 6.92 Å². The van der Waals surface area contributed by atoms with Gasteiger partial charge in [-0.3, -0.25) is 10.1 Å². The molecule has 1 N–H and O–H groups in total. The molecular formula is C17H34N2O2. The second-order valence-corrected chi connectivity index (χ2v) is 7.29. The summed E-state index contributed by atoms with van der Waals surface area (Å²) in [6.45, 7) is 9.84. The van der Waals surface area contributed by atoms with Gasteiger partial charge in [0.25, 0.3) is 0 Å². The molecule has 1 fully saturated rings. The molecular weight excluding hydrogens is 264 g/mol. The van der Waals surface area contributed by atoms with E-state index < -0.39 is 5.54 Å². The number of ether oxygens (including phenoxy) is 1. The Morgan fingerprint density at radius 3 is 2.38 bits per heavy atom. The van der Waals surface area contributed by atoms with Gasteiger partial charge in [-0.15, -0.1) is 0 Å². The van der Waals surface area contributed by atoms with Crippen LogP contribution in [0.5, 0.6) is 0 Å². The van der Waals surface area contributed by atoms with E-state index in [0.29, 0.717) is 6.04 Å². The van der Waals surface area contributed by atoms with Crippen LogP contribution in [0.3, 0.4) is 0 Å². The predicted octanol–water partition coefficient (Wildman–Crippen LogP) is 2.96. The van der Waals surface area contributed by atoms with E-state index in [-0.39, 0.29) is 11.5 Å². The van der Waals surface area contributed by atoms with Gasteiger partial charge < -0.3 is 9.64 Å². The standard InChI is InChI=1S/C17H34N2O2/c1-7-16(2,3)19(5)13-9-8-12-17(4,15(20)21-6)18-14-10-11-14/h14,18H,7-13H2,1-6H3. The van der Waals surface area contributed by atoms with Gasteiger partial charge in [0.2, 0.25) is 0 Å². The molecule has 0 heterocycles. The van der Waals surface area contributed by atoms with Gasteiger partial charge in [-0.25, -0.2) is 0 Å². The van der Waals surface area contributed by atoms with Crippen molar-refractivity contribution < 1.29 is 9.53 Å². The van der Waals surface area contributed by atoms with Crippen LogP contribution < -0.4 is 5.32 Å². The fraction of sp³-hybridized carbons (Fsp3) is 0.941. The molecule has 1 aliphatic rings. The molecule has 1 aliphatic carbocycles. The summed E-state index contributed by atoms with van der Waals surface area (Å²) in [7, 11) is 3.66. The Morgan fingerprint density at radius 2 is 1.90 bits per heavy atom. The average molecular weight is 298 g/mol. The number of carbonyl (C=O) groups is 1. The minimum Gasteiger partial charge on any atom is -0.468 e. The monoisotopic (exact) mass is 298 g/mol. The first-order valence-electron chi connectivity index (χ1n) is 8.32. The summed E-state index contributed by atoms with van der Waals surface area (Å²) in [6, 6.07) is 0.510. The van der Waals surface area contributed by atoms with Crippen molar-refractivity contribution in [3.05, 3.63) is 0 Å². The molecule has 124 valence electrons. The third-order valence-electron chi connectivity index (χ3n) is 5.05. The number of rotatable bonds is 10. The van der Waals surface area contributed by atoms with Crippen molar-refractivity contribution in [1.29, 1.82) is 0 Å². The topological polar surface area (TPSA) is 41.6 Å². The van der Waals surface area contributed by atoms with E-state index in [1.165, 1.54) is 20.0 Å². The zero-order valence-electron chi connectivity index (χ0n) is 14.8. The summed E-state index contributed by atoms with van der Waals surface area (Å²) in [5, 5.41) is 3.46. The van der Waals surface area contributed by atoms with Crippen LogP contribution in [0.4, 0.5) is 0 Å². The van der Waals surface area contributed by atoms with Crippen molar-refractivity contribution >= 4 is 5.97 Å². The first-order chi connectivity index (χ1) is 9.75. The van der Waals surface area contributed by atoms with Crippen LogP contribution in [-0.4, -0.2) is 48.7 Å². The Hall–Kier alpha value is -0.610. The lowest BCUT2D eigenvalue weighted by molar-refractivity contribution is -0.148. The summed E-state index contributed by atoms with van der Waals surface area (Å²) in [4.78, 5) is 14.4. The Balaban J connectivity index is 2.38. The number of nitrogens with zero attached hydrogens (tertiary/aromatic N) is 1. The average Bonchev–Trinajstić information content (AvgIpc) is 3.25. The maximum atomic E-state index is 12.0. The number of hydrogen-bond donors (Lipinski definition) is 1. The fourth-order valence-electron chi connectivity index (χ4n) is 2.54. The smallest absolute Gasteiger partial charge is 0.325 e. The number of esters is 1. The molecule has 0 amide bonds. The number of unbranched alkanes of at least 4 members (excludes halogenated alkanes) is 1. The molecule has 1 unspecified atom stereocenters. The third-order valence-corrected chi connectivity index (χ3v) is 5.05.